The number of benzene rings is 1. The predicted molar refractivity (Wildman–Crippen MR) is 69.6 cm³/mol. The summed E-state index contributed by atoms with van der Waals surface area (Å²) in [6.45, 7) is 0. The Morgan fingerprint density at radius 2 is 2.21 bits per heavy atom. The number of rotatable bonds is 3. The van der Waals surface area contributed by atoms with Crippen LogP contribution in [0, 0.1) is 5.82 Å². The first-order valence-corrected chi connectivity index (χ1v) is 5.46. The zero-order valence-corrected chi connectivity index (χ0v) is 10.2. The number of hydrogen-bond acceptors (Lipinski definition) is 4. The van der Waals surface area contributed by atoms with Gasteiger partial charge in [0.2, 0.25) is 0 Å². The van der Waals surface area contributed by atoms with Gasteiger partial charge in [-0.05, 0) is 24.3 Å². The van der Waals surface area contributed by atoms with Gasteiger partial charge in [0.25, 0.3) is 5.91 Å². The van der Waals surface area contributed by atoms with Gasteiger partial charge in [-0.3, -0.25) is 9.78 Å². The summed E-state index contributed by atoms with van der Waals surface area (Å²) in [7, 11) is 1.45. The van der Waals surface area contributed by atoms with Crippen molar-refractivity contribution in [3.8, 4) is 5.75 Å². The van der Waals surface area contributed by atoms with E-state index in [-0.39, 0.29) is 11.6 Å². The molecule has 1 heterocycles. The van der Waals surface area contributed by atoms with E-state index in [9.17, 15) is 9.18 Å². The molecule has 0 aliphatic carbocycles. The predicted octanol–water partition coefficient (Wildman–Crippen LogP) is 2.06. The van der Waals surface area contributed by atoms with Gasteiger partial charge in [0.05, 0.1) is 24.6 Å². The van der Waals surface area contributed by atoms with Gasteiger partial charge >= 0.3 is 0 Å². The van der Waals surface area contributed by atoms with Crippen LogP contribution in [0.25, 0.3) is 0 Å². The Bertz CT molecular complexity index is 617. The number of carbonyl (C=O) groups is 1. The van der Waals surface area contributed by atoms with Crippen molar-refractivity contribution < 1.29 is 13.9 Å². The molecular formula is C13H12FN3O2. The van der Waals surface area contributed by atoms with Crippen LogP contribution < -0.4 is 15.8 Å². The number of carbonyl (C=O) groups excluding carboxylic acids is 1. The number of nitrogens with zero attached hydrogens (tertiary/aromatic N) is 1. The SMILES string of the molecule is COc1cnccc1C(=O)Nc1ccc(F)c(N)c1. The first kappa shape index (κ1) is 12.8. The normalized spacial score (nSPS) is 10.0. The first-order chi connectivity index (χ1) is 9.11. The highest BCUT2D eigenvalue weighted by atomic mass is 19.1. The maximum Gasteiger partial charge on any atom is 0.259 e. The maximum atomic E-state index is 13.0. The van der Waals surface area contributed by atoms with E-state index in [0.29, 0.717) is 17.0 Å². The summed E-state index contributed by atoms with van der Waals surface area (Å²) in [4.78, 5) is 15.9. The summed E-state index contributed by atoms with van der Waals surface area (Å²) in [5.41, 5.74) is 6.14. The van der Waals surface area contributed by atoms with E-state index in [4.69, 9.17) is 10.5 Å². The molecule has 1 aromatic carbocycles. The molecule has 6 heteroatoms. The van der Waals surface area contributed by atoms with Crippen LogP contribution in [0.1, 0.15) is 10.4 Å². The minimum atomic E-state index is -0.528. The van der Waals surface area contributed by atoms with E-state index >= 15 is 0 Å². The Morgan fingerprint density at radius 1 is 1.42 bits per heavy atom. The second kappa shape index (κ2) is 5.34. The van der Waals surface area contributed by atoms with Crippen molar-refractivity contribution in [3.05, 3.63) is 48.0 Å². The van der Waals surface area contributed by atoms with Crippen molar-refractivity contribution in [2.45, 2.75) is 0 Å². The van der Waals surface area contributed by atoms with Crippen molar-refractivity contribution in [2.24, 2.45) is 0 Å². The molecule has 0 unspecified atom stereocenters. The largest absolute Gasteiger partial charge is 0.494 e. The van der Waals surface area contributed by atoms with Gasteiger partial charge in [0.15, 0.2) is 0 Å². The molecule has 3 N–H and O–H groups in total. The Balaban J connectivity index is 2.23. The molecule has 1 amide bonds. The van der Waals surface area contributed by atoms with Gasteiger partial charge in [0, 0.05) is 11.9 Å². The van der Waals surface area contributed by atoms with Crippen LogP contribution in [-0.4, -0.2) is 18.0 Å². The first-order valence-electron chi connectivity index (χ1n) is 5.46. The minimum absolute atomic E-state index is 0.0282. The molecule has 98 valence electrons. The molecule has 0 saturated carbocycles. The monoisotopic (exact) mass is 261 g/mol. The number of halogens is 1. The van der Waals surface area contributed by atoms with Crippen LogP contribution in [0.2, 0.25) is 0 Å². The van der Waals surface area contributed by atoms with Crippen molar-refractivity contribution >= 4 is 17.3 Å². The summed E-state index contributed by atoms with van der Waals surface area (Å²) >= 11 is 0. The van der Waals surface area contributed by atoms with Gasteiger partial charge in [-0.25, -0.2) is 4.39 Å². The quantitative estimate of drug-likeness (QED) is 0.829. The number of hydrogen-bond donors (Lipinski definition) is 2. The molecule has 0 aliphatic rings. The second-order valence-corrected chi connectivity index (χ2v) is 3.77. The molecule has 2 aromatic rings. The fourth-order valence-corrected chi connectivity index (χ4v) is 1.55. The third-order valence-corrected chi connectivity index (χ3v) is 2.50. The Labute approximate surface area is 109 Å². The number of pyridine rings is 1. The number of amides is 1. The molecule has 0 fully saturated rings. The number of ether oxygens (including phenoxy) is 1. The molecule has 1 aromatic heterocycles. The molecule has 0 saturated heterocycles. The highest BCUT2D eigenvalue weighted by Gasteiger charge is 2.12. The lowest BCUT2D eigenvalue weighted by molar-refractivity contribution is 0.102. The topological polar surface area (TPSA) is 77.2 Å². The van der Waals surface area contributed by atoms with Crippen LogP contribution >= 0.6 is 0 Å². The maximum absolute atomic E-state index is 13.0. The van der Waals surface area contributed by atoms with E-state index in [1.54, 1.807) is 0 Å². The molecule has 0 radical (unpaired) electrons. The smallest absolute Gasteiger partial charge is 0.259 e. The molecule has 0 atom stereocenters. The van der Waals surface area contributed by atoms with Crippen LogP contribution in [0.15, 0.2) is 36.7 Å². The van der Waals surface area contributed by atoms with Crippen molar-refractivity contribution in [1.82, 2.24) is 4.98 Å². The third kappa shape index (κ3) is 2.79. The zero-order valence-electron chi connectivity index (χ0n) is 10.2. The van der Waals surface area contributed by atoms with Crippen LogP contribution in [-0.2, 0) is 0 Å². The fourth-order valence-electron chi connectivity index (χ4n) is 1.55. The van der Waals surface area contributed by atoms with Gasteiger partial charge in [-0.1, -0.05) is 0 Å². The van der Waals surface area contributed by atoms with E-state index in [2.05, 4.69) is 10.3 Å². The van der Waals surface area contributed by atoms with Crippen LogP contribution in [0.4, 0.5) is 15.8 Å². The molecule has 5 nitrogen and oxygen atoms in total. The van der Waals surface area contributed by atoms with Gasteiger partial charge < -0.3 is 15.8 Å². The molecule has 2 rings (SSSR count). The summed E-state index contributed by atoms with van der Waals surface area (Å²) in [6.07, 6.45) is 2.92. The number of nitrogens with two attached hydrogens (primary N) is 1. The van der Waals surface area contributed by atoms with Crippen LogP contribution in [0.5, 0.6) is 5.75 Å². The zero-order chi connectivity index (χ0) is 13.8. The average Bonchev–Trinajstić information content (AvgIpc) is 2.43. The van der Waals surface area contributed by atoms with E-state index < -0.39 is 5.82 Å². The van der Waals surface area contributed by atoms with E-state index in [1.165, 1.54) is 43.8 Å². The van der Waals surface area contributed by atoms with E-state index in [0.717, 1.165) is 0 Å². The highest BCUT2D eigenvalue weighted by Crippen LogP contribution is 2.20. The highest BCUT2D eigenvalue weighted by molar-refractivity contribution is 6.06. The number of anilines is 2. The summed E-state index contributed by atoms with van der Waals surface area (Å²) in [5.74, 6) is -0.556. The lowest BCUT2D eigenvalue weighted by Gasteiger charge is -2.09. The van der Waals surface area contributed by atoms with Gasteiger partial charge in [-0.15, -0.1) is 0 Å². The molecule has 0 spiro atoms. The third-order valence-electron chi connectivity index (χ3n) is 2.50. The molecule has 19 heavy (non-hydrogen) atoms. The average molecular weight is 261 g/mol. The number of nitrogens with one attached hydrogen (secondary N) is 1. The lowest BCUT2D eigenvalue weighted by atomic mass is 10.2. The summed E-state index contributed by atoms with van der Waals surface area (Å²) < 4.78 is 18.1. The molecular weight excluding hydrogens is 249 g/mol. The number of nitrogen functional groups attached to an aromatic ring is 1. The summed E-state index contributed by atoms with van der Waals surface area (Å²) in [5, 5.41) is 2.61. The van der Waals surface area contributed by atoms with Crippen molar-refractivity contribution in [3.63, 3.8) is 0 Å². The van der Waals surface area contributed by atoms with E-state index in [1.807, 2.05) is 0 Å². The Morgan fingerprint density at radius 3 is 2.89 bits per heavy atom. The minimum Gasteiger partial charge on any atom is -0.494 e. The molecule has 0 bridgehead atoms. The summed E-state index contributed by atoms with van der Waals surface area (Å²) in [6, 6.07) is 5.49. The number of aromatic nitrogens is 1. The van der Waals surface area contributed by atoms with Crippen LogP contribution in [0.3, 0.4) is 0 Å². The number of methoxy groups -OCH3 is 1. The lowest BCUT2D eigenvalue weighted by Crippen LogP contribution is -2.13. The second-order valence-electron chi connectivity index (χ2n) is 3.77. The molecule has 0 aliphatic heterocycles. The van der Waals surface area contributed by atoms with Gasteiger partial charge in [-0.2, -0.15) is 0 Å². The van der Waals surface area contributed by atoms with Gasteiger partial charge in [0.1, 0.15) is 11.6 Å². The fraction of sp³-hybridized carbons (Fsp3) is 0.0769. The Kier molecular flexibility index (Phi) is 3.61. The standard InChI is InChI=1S/C13H12FN3O2/c1-19-12-7-16-5-4-9(12)13(18)17-8-2-3-10(14)11(15)6-8/h2-7H,15H2,1H3,(H,17,18). The Hall–Kier alpha value is -2.63. The van der Waals surface area contributed by atoms with Crippen molar-refractivity contribution in [2.75, 3.05) is 18.2 Å². The van der Waals surface area contributed by atoms with Crippen molar-refractivity contribution in [1.29, 1.82) is 0 Å².